The lowest BCUT2D eigenvalue weighted by atomic mass is 9.93. The van der Waals surface area contributed by atoms with Gasteiger partial charge in [-0.2, -0.15) is 0 Å². The number of hydrogen-bond acceptors (Lipinski definition) is 10. The Hall–Kier alpha value is -6.30. The number of methoxy groups -OCH3 is 1. The largest absolute Gasteiger partial charge is 0.457 e. The number of aliphatic hydroxyl groups is 1. The van der Waals surface area contributed by atoms with E-state index >= 15 is 4.79 Å². The van der Waals surface area contributed by atoms with Crippen molar-refractivity contribution in [2.75, 3.05) is 55.1 Å². The molecule has 1 saturated heterocycles. The Kier molecular flexibility index (Phi) is 19.8. The molecule has 384 valence electrons. The zero-order valence-corrected chi connectivity index (χ0v) is 43.5. The fourth-order valence-electron chi connectivity index (χ4n) is 8.76. The summed E-state index contributed by atoms with van der Waals surface area (Å²) >= 11 is 12.8. The number of carbonyl (C=O) groups excluding carboxylic acids is 5. The third-order valence-electron chi connectivity index (χ3n) is 13.0. The zero-order chi connectivity index (χ0) is 52.1. The predicted molar refractivity (Wildman–Crippen MR) is 277 cm³/mol. The first-order valence-corrected chi connectivity index (χ1v) is 24.7. The van der Waals surface area contributed by atoms with Crippen LogP contribution in [-0.2, 0) is 61.7 Å². The smallest absolute Gasteiger partial charge is 0.247 e. The van der Waals surface area contributed by atoms with Gasteiger partial charge < -0.3 is 49.4 Å². The molecule has 72 heavy (non-hydrogen) atoms. The lowest BCUT2D eigenvalue weighted by Gasteiger charge is -2.36. The molecule has 0 bridgehead atoms. The lowest BCUT2D eigenvalue weighted by molar-refractivity contribution is -0.147. The molecule has 1 fully saturated rings. The molecule has 1 aliphatic rings. The molecule has 16 nitrogen and oxygen atoms in total. The van der Waals surface area contributed by atoms with Crippen molar-refractivity contribution in [2.24, 2.45) is 13.0 Å². The van der Waals surface area contributed by atoms with Crippen LogP contribution in [0.15, 0.2) is 103 Å². The van der Waals surface area contributed by atoms with Crippen LogP contribution in [0.2, 0.25) is 10.0 Å². The maximum atomic E-state index is 15.2. The topological polar surface area (TPSA) is 179 Å². The zero-order valence-electron chi connectivity index (χ0n) is 42.0. The number of rotatable bonds is 15. The van der Waals surface area contributed by atoms with Crippen molar-refractivity contribution in [3.05, 3.63) is 136 Å². The summed E-state index contributed by atoms with van der Waals surface area (Å²) in [6.07, 6.45) is 1.61. The molecule has 6 rings (SSSR count). The summed E-state index contributed by atoms with van der Waals surface area (Å²) in [4.78, 5) is 84.0. The van der Waals surface area contributed by atoms with Crippen LogP contribution in [0.4, 0.5) is 0 Å². The van der Waals surface area contributed by atoms with Crippen LogP contribution < -0.4 is 15.4 Å². The number of benzene rings is 4. The van der Waals surface area contributed by atoms with E-state index in [2.05, 4.69) is 15.6 Å². The van der Waals surface area contributed by atoms with E-state index in [1.165, 1.54) is 21.8 Å². The molecule has 3 N–H and O–H groups in total. The Bertz CT molecular complexity index is 2630. The Labute approximate surface area is 432 Å². The van der Waals surface area contributed by atoms with Gasteiger partial charge in [-0.05, 0) is 99.9 Å². The van der Waals surface area contributed by atoms with Crippen molar-refractivity contribution < 1.29 is 38.6 Å². The first-order chi connectivity index (χ1) is 34.5. The number of aliphatic hydroxyl groups excluding tert-OH is 1. The van der Waals surface area contributed by atoms with Crippen LogP contribution >= 0.6 is 23.2 Å². The molecule has 2 heterocycles. The fraction of sp³-hybridized carbons (Fsp3) is 0.407. The van der Waals surface area contributed by atoms with E-state index in [0.717, 1.165) is 28.2 Å². The maximum absolute atomic E-state index is 15.2. The maximum Gasteiger partial charge on any atom is 0.247 e. The normalized spacial score (nSPS) is 20.1. The fourth-order valence-corrected chi connectivity index (χ4v) is 9.05. The quantitative estimate of drug-likeness (QED) is 0.110. The minimum Gasteiger partial charge on any atom is -0.457 e. The summed E-state index contributed by atoms with van der Waals surface area (Å²) in [5.74, 6) is -1.81. The number of ether oxygens (including phenoxy) is 2. The Balaban J connectivity index is 1.40. The van der Waals surface area contributed by atoms with Gasteiger partial charge in [0.25, 0.3) is 0 Å². The van der Waals surface area contributed by atoms with Crippen molar-refractivity contribution in [1.82, 2.24) is 39.8 Å². The molecule has 18 heteroatoms. The molecule has 4 aromatic carbocycles. The highest BCUT2D eigenvalue weighted by Crippen LogP contribution is 2.33. The lowest BCUT2D eigenvalue weighted by Crippen LogP contribution is -2.58. The standard InChI is InChI=1S/C54H66Cl2N8O8/c1-35-30-58-50(66)29-43(26-37-13-18-41(55)19-14-37)62(5)54(70)45(34-71-7)59-52(68)46(23-24-65)64(51(67)27-40(53(69)61(35)4)25-36-11-9-8-10-12-36)32-39-15-20-42(56)28-48(39)72-44-21-16-38(17-22-44)47-31-57-49(63(47)6)33-60(2)3/h8-22,28,31,35,40,43,45-46,65H,23-27,29-30,32-34H2,1-7H3,(H,58,66)(H,59,68)/t35-,40+,43-,45-,46-/m0/s1. The van der Waals surface area contributed by atoms with Gasteiger partial charge in [-0.25, -0.2) is 4.98 Å². The van der Waals surface area contributed by atoms with Gasteiger partial charge in [0.2, 0.25) is 29.5 Å². The minimum atomic E-state index is -1.36. The second-order valence-corrected chi connectivity index (χ2v) is 19.5. The summed E-state index contributed by atoms with van der Waals surface area (Å²) in [5.41, 5.74) is 3.93. The minimum absolute atomic E-state index is 0.0918. The average molecular weight is 1030 g/mol. The van der Waals surface area contributed by atoms with Gasteiger partial charge in [0.15, 0.2) is 0 Å². The van der Waals surface area contributed by atoms with Gasteiger partial charge in [-0.1, -0.05) is 71.7 Å². The number of nitrogens with zero attached hydrogens (tertiary/aromatic N) is 6. The SMILES string of the molecule is COC[C@@H]1NC(=O)[C@H](CCO)N(Cc2ccc(Cl)cc2Oc2ccc(-c3cnc(CN(C)C)n3C)cc2)C(=O)C[C@@H](Cc2ccccc2)C(=O)N(C)[C@@H](C)CNC(=O)C[C@H](Cc2ccc(Cl)cc2)N(C)C1=O. The van der Waals surface area contributed by atoms with Crippen molar-refractivity contribution in [3.63, 3.8) is 0 Å². The van der Waals surface area contributed by atoms with Crippen molar-refractivity contribution in [2.45, 2.75) is 76.3 Å². The van der Waals surface area contributed by atoms with Crippen LogP contribution in [0.5, 0.6) is 11.5 Å². The van der Waals surface area contributed by atoms with E-state index in [-0.39, 0.29) is 63.6 Å². The number of nitrogens with one attached hydrogen (secondary N) is 2. The van der Waals surface area contributed by atoms with Gasteiger partial charge in [0, 0.05) is 87.5 Å². The molecule has 0 unspecified atom stereocenters. The summed E-state index contributed by atoms with van der Waals surface area (Å²) in [6.45, 7) is 1.58. The molecule has 5 amide bonds. The molecule has 5 atom stereocenters. The highest BCUT2D eigenvalue weighted by molar-refractivity contribution is 6.31. The summed E-state index contributed by atoms with van der Waals surface area (Å²) in [5, 5.41) is 17.3. The summed E-state index contributed by atoms with van der Waals surface area (Å²) < 4.78 is 14.0. The molecule has 1 aromatic heterocycles. The number of halogens is 2. The molecule has 0 aliphatic carbocycles. The molecular weight excluding hydrogens is 960 g/mol. The van der Waals surface area contributed by atoms with E-state index in [0.29, 0.717) is 33.7 Å². The molecule has 0 spiro atoms. The number of amides is 5. The number of carbonyl (C=O) groups is 5. The van der Waals surface area contributed by atoms with E-state index in [1.54, 1.807) is 51.4 Å². The van der Waals surface area contributed by atoms with Crippen LogP contribution in [0, 0.1) is 5.92 Å². The van der Waals surface area contributed by atoms with Gasteiger partial charge in [0.05, 0.1) is 37.5 Å². The second kappa shape index (κ2) is 25.9. The Morgan fingerprint density at radius 2 is 1.50 bits per heavy atom. The molecule has 0 radical (unpaired) electrons. The summed E-state index contributed by atoms with van der Waals surface area (Å²) in [7, 11) is 10.5. The highest BCUT2D eigenvalue weighted by atomic mass is 35.5. The Morgan fingerprint density at radius 3 is 2.17 bits per heavy atom. The number of likely N-dealkylation sites (N-methyl/N-ethyl adjacent to an activating group) is 2. The van der Waals surface area contributed by atoms with E-state index in [4.69, 9.17) is 32.7 Å². The van der Waals surface area contributed by atoms with Crippen molar-refractivity contribution >= 4 is 52.7 Å². The van der Waals surface area contributed by atoms with E-state index in [9.17, 15) is 24.3 Å². The molecular formula is C54H66Cl2N8O8. The van der Waals surface area contributed by atoms with Crippen LogP contribution in [0.1, 0.15) is 48.7 Å². The third kappa shape index (κ3) is 14.7. The van der Waals surface area contributed by atoms with E-state index < -0.39 is 54.4 Å². The Morgan fingerprint density at radius 1 is 0.819 bits per heavy atom. The van der Waals surface area contributed by atoms with Gasteiger partial charge in [-0.15, -0.1) is 0 Å². The van der Waals surface area contributed by atoms with Crippen LogP contribution in [-0.4, -0.2) is 143 Å². The number of aromatic nitrogens is 2. The van der Waals surface area contributed by atoms with Gasteiger partial charge in [0.1, 0.15) is 29.4 Å². The van der Waals surface area contributed by atoms with E-state index in [1.807, 2.05) is 104 Å². The third-order valence-corrected chi connectivity index (χ3v) is 13.5. The van der Waals surface area contributed by atoms with Crippen LogP contribution in [0.3, 0.4) is 0 Å². The highest BCUT2D eigenvalue weighted by Gasteiger charge is 2.38. The number of hydrogen-bond donors (Lipinski definition) is 3. The monoisotopic (exact) mass is 1020 g/mol. The van der Waals surface area contributed by atoms with Crippen molar-refractivity contribution in [3.8, 4) is 22.8 Å². The molecule has 5 aromatic rings. The second-order valence-electron chi connectivity index (χ2n) is 18.6. The van der Waals surface area contributed by atoms with Gasteiger partial charge >= 0.3 is 0 Å². The first kappa shape index (κ1) is 55.0. The number of imidazole rings is 1. The average Bonchev–Trinajstić information content (AvgIpc) is 3.72. The molecule has 1 aliphatic heterocycles. The van der Waals surface area contributed by atoms with Gasteiger partial charge in [-0.3, -0.25) is 24.0 Å². The van der Waals surface area contributed by atoms with Crippen LogP contribution in [0.25, 0.3) is 11.3 Å². The summed E-state index contributed by atoms with van der Waals surface area (Å²) in [6, 6.07) is 25.0. The van der Waals surface area contributed by atoms with Crippen molar-refractivity contribution in [1.29, 1.82) is 0 Å². The predicted octanol–water partition coefficient (Wildman–Crippen LogP) is 6.14. The molecule has 0 saturated carbocycles. The first-order valence-electron chi connectivity index (χ1n) is 24.0.